The van der Waals surface area contributed by atoms with Crippen molar-refractivity contribution in [1.29, 1.82) is 0 Å². The van der Waals surface area contributed by atoms with Gasteiger partial charge in [-0.2, -0.15) is 0 Å². The predicted octanol–water partition coefficient (Wildman–Crippen LogP) is 5.21. The molecule has 0 bridgehead atoms. The second-order valence-corrected chi connectivity index (χ2v) is 10.6. The van der Waals surface area contributed by atoms with E-state index in [-0.39, 0.29) is 24.7 Å². The van der Waals surface area contributed by atoms with Crippen molar-refractivity contribution in [3.63, 3.8) is 0 Å². The molecular weight excluding hydrogens is 476 g/mol. The zero-order valence-corrected chi connectivity index (χ0v) is 22.5. The Balaban J connectivity index is 1.40. The number of aliphatic hydroxyl groups is 1. The molecule has 0 amide bonds. The van der Waals surface area contributed by atoms with Crippen LogP contribution in [0.5, 0.6) is 0 Å². The zero-order valence-electron chi connectivity index (χ0n) is 22.5. The maximum atomic E-state index is 9.51. The number of rotatable bonds is 9. The molecule has 5 rings (SSSR count). The summed E-state index contributed by atoms with van der Waals surface area (Å²) in [5, 5.41) is 9.51. The lowest BCUT2D eigenvalue weighted by Gasteiger charge is -2.43. The standard InChI is InChI=1S/C32H40N2O4/c1-22-30(19-34-16-4-7-29(34)21-36-2)37-32(38-31(22)26-10-8-23(20-35)9-11-26)27-14-12-25(13-15-27)28-6-3-5-24(17-28)18-33/h3,5-6,8-15,17,22,29-32,35H,4,7,16,18-21,33H2,1-2H3. The number of ether oxygens (including phenoxy) is 3. The van der Waals surface area contributed by atoms with E-state index in [4.69, 9.17) is 19.9 Å². The highest BCUT2D eigenvalue weighted by Crippen LogP contribution is 2.42. The van der Waals surface area contributed by atoms with Gasteiger partial charge >= 0.3 is 0 Å². The number of hydrogen-bond acceptors (Lipinski definition) is 6. The molecule has 38 heavy (non-hydrogen) atoms. The normalized spacial score (nSPS) is 26.1. The first-order chi connectivity index (χ1) is 18.6. The molecule has 6 nitrogen and oxygen atoms in total. The van der Waals surface area contributed by atoms with Crippen LogP contribution in [0.2, 0.25) is 0 Å². The van der Waals surface area contributed by atoms with Crippen molar-refractivity contribution in [2.24, 2.45) is 11.7 Å². The number of likely N-dealkylation sites (tertiary alicyclic amines) is 1. The Hall–Kier alpha value is -2.58. The van der Waals surface area contributed by atoms with Crippen molar-refractivity contribution < 1.29 is 19.3 Å². The molecule has 6 heteroatoms. The Morgan fingerprint density at radius 1 is 0.947 bits per heavy atom. The lowest BCUT2D eigenvalue weighted by molar-refractivity contribution is -0.276. The lowest BCUT2D eigenvalue weighted by atomic mass is 9.89. The number of nitrogens with zero attached hydrogens (tertiary/aromatic N) is 1. The average molecular weight is 517 g/mol. The molecule has 5 atom stereocenters. The second kappa shape index (κ2) is 12.5. The van der Waals surface area contributed by atoms with Gasteiger partial charge in [-0.25, -0.2) is 0 Å². The van der Waals surface area contributed by atoms with E-state index in [1.165, 1.54) is 6.42 Å². The monoisotopic (exact) mass is 516 g/mol. The van der Waals surface area contributed by atoms with Gasteiger partial charge in [0.15, 0.2) is 6.29 Å². The number of hydrogen-bond donors (Lipinski definition) is 2. The summed E-state index contributed by atoms with van der Waals surface area (Å²) in [6.45, 7) is 5.45. The number of benzene rings is 3. The van der Waals surface area contributed by atoms with Gasteiger partial charge in [0.2, 0.25) is 0 Å². The van der Waals surface area contributed by atoms with Crippen LogP contribution in [0.15, 0.2) is 72.8 Å². The molecule has 0 aromatic heterocycles. The fourth-order valence-corrected chi connectivity index (χ4v) is 5.79. The number of nitrogens with two attached hydrogens (primary N) is 1. The molecule has 2 aliphatic heterocycles. The number of methoxy groups -OCH3 is 1. The maximum Gasteiger partial charge on any atom is 0.184 e. The molecule has 3 aromatic carbocycles. The van der Waals surface area contributed by atoms with E-state index in [1.807, 2.05) is 24.3 Å². The average Bonchev–Trinajstić information content (AvgIpc) is 3.41. The molecule has 2 heterocycles. The molecule has 3 N–H and O–H groups in total. The minimum Gasteiger partial charge on any atom is -0.392 e. The van der Waals surface area contributed by atoms with Gasteiger partial charge in [-0.15, -0.1) is 0 Å². The Bertz CT molecular complexity index is 1170. The molecule has 202 valence electrons. The van der Waals surface area contributed by atoms with E-state index in [2.05, 4.69) is 60.4 Å². The van der Waals surface area contributed by atoms with Gasteiger partial charge in [-0.1, -0.05) is 73.7 Å². The Kier molecular flexibility index (Phi) is 8.89. The van der Waals surface area contributed by atoms with Crippen LogP contribution in [0.4, 0.5) is 0 Å². The Morgan fingerprint density at radius 3 is 2.42 bits per heavy atom. The van der Waals surface area contributed by atoms with Crippen molar-refractivity contribution in [2.75, 3.05) is 26.8 Å². The van der Waals surface area contributed by atoms with E-state index in [0.717, 1.165) is 59.5 Å². The quantitative estimate of drug-likeness (QED) is 0.407. The smallest absolute Gasteiger partial charge is 0.184 e. The second-order valence-electron chi connectivity index (χ2n) is 10.6. The van der Waals surface area contributed by atoms with E-state index in [9.17, 15) is 5.11 Å². The summed E-state index contributed by atoms with van der Waals surface area (Å²) in [4.78, 5) is 2.52. The van der Waals surface area contributed by atoms with Crippen LogP contribution in [0, 0.1) is 5.92 Å². The topological polar surface area (TPSA) is 77.2 Å². The molecule has 0 spiro atoms. The summed E-state index contributed by atoms with van der Waals surface area (Å²) in [6.07, 6.45) is 1.78. The summed E-state index contributed by atoms with van der Waals surface area (Å²) in [7, 11) is 1.78. The van der Waals surface area contributed by atoms with Gasteiger partial charge in [-0.05, 0) is 53.3 Å². The van der Waals surface area contributed by atoms with Crippen LogP contribution in [0.25, 0.3) is 11.1 Å². The van der Waals surface area contributed by atoms with Gasteiger partial charge in [0.05, 0.1) is 25.4 Å². The van der Waals surface area contributed by atoms with Gasteiger partial charge in [-0.3, -0.25) is 4.90 Å². The van der Waals surface area contributed by atoms with Gasteiger partial charge < -0.3 is 25.1 Å². The van der Waals surface area contributed by atoms with Crippen LogP contribution >= 0.6 is 0 Å². The summed E-state index contributed by atoms with van der Waals surface area (Å²) >= 11 is 0. The van der Waals surface area contributed by atoms with Crippen molar-refractivity contribution in [1.82, 2.24) is 4.90 Å². The first-order valence-corrected chi connectivity index (χ1v) is 13.7. The highest BCUT2D eigenvalue weighted by Gasteiger charge is 2.40. The Morgan fingerprint density at radius 2 is 1.71 bits per heavy atom. The molecule has 2 aliphatic rings. The molecule has 0 radical (unpaired) electrons. The third-order valence-corrected chi connectivity index (χ3v) is 8.07. The third-order valence-electron chi connectivity index (χ3n) is 8.07. The first kappa shape index (κ1) is 27.0. The molecule has 2 saturated heterocycles. The van der Waals surface area contributed by atoms with Crippen LogP contribution in [0.3, 0.4) is 0 Å². The van der Waals surface area contributed by atoms with Crippen LogP contribution < -0.4 is 5.73 Å². The van der Waals surface area contributed by atoms with Crippen LogP contribution in [0.1, 0.15) is 54.4 Å². The third kappa shape index (κ3) is 6.01. The number of aliphatic hydroxyl groups excluding tert-OH is 1. The molecule has 2 fully saturated rings. The van der Waals surface area contributed by atoms with Gasteiger partial charge in [0.1, 0.15) is 0 Å². The van der Waals surface area contributed by atoms with E-state index in [1.54, 1.807) is 7.11 Å². The fourth-order valence-electron chi connectivity index (χ4n) is 5.79. The minimum atomic E-state index is -0.466. The van der Waals surface area contributed by atoms with Crippen molar-refractivity contribution in [2.45, 2.75) is 57.5 Å². The molecule has 0 aliphatic carbocycles. The van der Waals surface area contributed by atoms with Crippen LogP contribution in [-0.2, 0) is 27.4 Å². The van der Waals surface area contributed by atoms with E-state index < -0.39 is 6.29 Å². The zero-order chi connectivity index (χ0) is 26.5. The largest absolute Gasteiger partial charge is 0.392 e. The summed E-state index contributed by atoms with van der Waals surface area (Å²) in [6, 6.07) is 25.4. The van der Waals surface area contributed by atoms with Gasteiger partial charge in [0, 0.05) is 37.7 Å². The molecule has 3 aromatic rings. The molecule has 5 unspecified atom stereocenters. The first-order valence-electron chi connectivity index (χ1n) is 13.7. The highest BCUT2D eigenvalue weighted by atomic mass is 16.7. The van der Waals surface area contributed by atoms with E-state index >= 15 is 0 Å². The minimum absolute atomic E-state index is 0.00892. The van der Waals surface area contributed by atoms with Crippen LogP contribution in [-0.4, -0.2) is 49.0 Å². The maximum absolute atomic E-state index is 9.51. The SMILES string of the molecule is COCC1CCCN1CC1OC(c2ccc(-c3cccc(CN)c3)cc2)OC(c2ccc(CO)cc2)C1C. The summed E-state index contributed by atoms with van der Waals surface area (Å²) in [5.41, 5.74) is 12.3. The highest BCUT2D eigenvalue weighted by molar-refractivity contribution is 5.64. The van der Waals surface area contributed by atoms with Crippen molar-refractivity contribution in [3.8, 4) is 11.1 Å². The van der Waals surface area contributed by atoms with E-state index in [0.29, 0.717) is 12.6 Å². The Labute approximate surface area is 226 Å². The van der Waals surface area contributed by atoms with Crippen molar-refractivity contribution >= 4 is 0 Å². The molecular formula is C32H40N2O4. The molecule has 0 saturated carbocycles. The van der Waals surface area contributed by atoms with Crippen molar-refractivity contribution in [3.05, 3.63) is 95.1 Å². The summed E-state index contributed by atoms with van der Waals surface area (Å²) in [5.74, 6) is 0.160. The van der Waals surface area contributed by atoms with Gasteiger partial charge in [0.25, 0.3) is 0 Å². The fraction of sp³-hybridized carbons (Fsp3) is 0.438. The predicted molar refractivity (Wildman–Crippen MR) is 149 cm³/mol. The summed E-state index contributed by atoms with van der Waals surface area (Å²) < 4.78 is 18.8. The lowest BCUT2D eigenvalue weighted by Crippen LogP contribution is -2.46.